The third-order valence-electron chi connectivity index (χ3n) is 4.23. The second-order valence-corrected chi connectivity index (χ2v) is 5.62. The molecular weight excluding hydrogens is 236 g/mol. The standard InChI is InChI=1S/C16H24N2O/c1-2-18-10-4-6-15(12-18)19-14-7-8-16-13(11-14)5-3-9-17-16/h7-8,11,15,17H,2-6,9-10,12H2,1H3. The molecule has 2 aliphatic rings. The fraction of sp³-hybridized carbons (Fsp3) is 0.625. The van der Waals surface area contributed by atoms with Gasteiger partial charge in [0.15, 0.2) is 0 Å². The van der Waals surface area contributed by atoms with Crippen LogP contribution in [-0.2, 0) is 6.42 Å². The minimum atomic E-state index is 0.364. The molecule has 0 bridgehead atoms. The summed E-state index contributed by atoms with van der Waals surface area (Å²) >= 11 is 0. The van der Waals surface area contributed by atoms with Gasteiger partial charge in [0.2, 0.25) is 0 Å². The monoisotopic (exact) mass is 260 g/mol. The van der Waals surface area contributed by atoms with Crippen LogP contribution in [0.3, 0.4) is 0 Å². The van der Waals surface area contributed by atoms with Crippen LogP contribution in [0.2, 0.25) is 0 Å². The molecule has 19 heavy (non-hydrogen) atoms. The Balaban J connectivity index is 1.66. The molecule has 0 amide bonds. The normalized spacial score (nSPS) is 23.5. The number of nitrogens with zero attached hydrogens (tertiary/aromatic N) is 1. The highest BCUT2D eigenvalue weighted by molar-refractivity contribution is 5.55. The van der Waals surface area contributed by atoms with Gasteiger partial charge in [-0.3, -0.25) is 4.90 Å². The highest BCUT2D eigenvalue weighted by Gasteiger charge is 2.20. The number of rotatable bonds is 3. The summed E-state index contributed by atoms with van der Waals surface area (Å²) < 4.78 is 6.18. The number of likely N-dealkylation sites (tertiary alicyclic amines) is 1. The minimum Gasteiger partial charge on any atom is -0.489 e. The molecule has 1 saturated heterocycles. The van der Waals surface area contributed by atoms with E-state index < -0.39 is 0 Å². The maximum absolute atomic E-state index is 6.18. The topological polar surface area (TPSA) is 24.5 Å². The molecule has 0 aromatic heterocycles. The second-order valence-electron chi connectivity index (χ2n) is 5.62. The number of benzene rings is 1. The first-order valence-corrected chi connectivity index (χ1v) is 7.61. The first-order valence-electron chi connectivity index (χ1n) is 7.61. The molecule has 0 spiro atoms. The molecule has 1 aromatic carbocycles. The van der Waals surface area contributed by atoms with Crippen LogP contribution in [0, 0.1) is 0 Å². The van der Waals surface area contributed by atoms with Crippen LogP contribution >= 0.6 is 0 Å². The summed E-state index contributed by atoms with van der Waals surface area (Å²) in [5.41, 5.74) is 2.70. The van der Waals surface area contributed by atoms with Gasteiger partial charge in [0.05, 0.1) is 0 Å². The van der Waals surface area contributed by atoms with Crippen LogP contribution in [0.5, 0.6) is 5.75 Å². The Morgan fingerprint density at radius 2 is 2.32 bits per heavy atom. The minimum absolute atomic E-state index is 0.364. The highest BCUT2D eigenvalue weighted by atomic mass is 16.5. The van der Waals surface area contributed by atoms with Gasteiger partial charge in [0.1, 0.15) is 11.9 Å². The van der Waals surface area contributed by atoms with Crippen molar-refractivity contribution in [3.63, 3.8) is 0 Å². The maximum Gasteiger partial charge on any atom is 0.120 e. The lowest BCUT2D eigenvalue weighted by molar-refractivity contribution is 0.0919. The lowest BCUT2D eigenvalue weighted by atomic mass is 10.0. The summed E-state index contributed by atoms with van der Waals surface area (Å²) in [4.78, 5) is 2.48. The van der Waals surface area contributed by atoms with Gasteiger partial charge in [-0.25, -0.2) is 0 Å². The third-order valence-corrected chi connectivity index (χ3v) is 4.23. The van der Waals surface area contributed by atoms with Crippen molar-refractivity contribution < 1.29 is 4.74 Å². The SMILES string of the molecule is CCN1CCCC(Oc2ccc3c(c2)CCCN3)C1. The zero-order valence-corrected chi connectivity index (χ0v) is 11.8. The van der Waals surface area contributed by atoms with Crippen LogP contribution < -0.4 is 10.1 Å². The first-order chi connectivity index (χ1) is 9.35. The van der Waals surface area contributed by atoms with E-state index >= 15 is 0 Å². The molecule has 1 unspecified atom stereocenters. The van der Waals surface area contributed by atoms with Gasteiger partial charge in [-0.1, -0.05) is 6.92 Å². The van der Waals surface area contributed by atoms with E-state index in [2.05, 4.69) is 35.3 Å². The number of nitrogens with one attached hydrogen (secondary N) is 1. The lowest BCUT2D eigenvalue weighted by Gasteiger charge is -2.32. The molecular formula is C16H24N2O. The lowest BCUT2D eigenvalue weighted by Crippen LogP contribution is -2.40. The number of hydrogen-bond donors (Lipinski definition) is 1. The molecule has 3 nitrogen and oxygen atoms in total. The molecule has 3 heteroatoms. The van der Waals surface area contributed by atoms with Gasteiger partial charge < -0.3 is 10.1 Å². The van der Waals surface area contributed by atoms with Gasteiger partial charge in [0, 0.05) is 18.8 Å². The fourth-order valence-electron chi connectivity index (χ4n) is 3.11. The molecule has 0 aliphatic carbocycles. The predicted molar refractivity (Wildman–Crippen MR) is 79.0 cm³/mol. The number of ether oxygens (including phenoxy) is 1. The van der Waals surface area contributed by atoms with E-state index in [1.54, 1.807) is 0 Å². The predicted octanol–water partition coefficient (Wildman–Crippen LogP) is 2.91. The molecule has 2 heterocycles. The van der Waals surface area contributed by atoms with Gasteiger partial charge in [0.25, 0.3) is 0 Å². The fourth-order valence-corrected chi connectivity index (χ4v) is 3.11. The zero-order chi connectivity index (χ0) is 13.1. The number of aryl methyl sites for hydroxylation is 1. The van der Waals surface area contributed by atoms with E-state index in [9.17, 15) is 0 Å². The molecule has 1 aromatic rings. The molecule has 0 radical (unpaired) electrons. The number of piperidine rings is 1. The quantitative estimate of drug-likeness (QED) is 0.904. The third kappa shape index (κ3) is 3.03. The molecule has 1 atom stereocenters. The summed E-state index contributed by atoms with van der Waals surface area (Å²) in [6, 6.07) is 6.51. The Hall–Kier alpha value is -1.22. The van der Waals surface area contributed by atoms with Crippen molar-refractivity contribution in [2.24, 2.45) is 0 Å². The van der Waals surface area contributed by atoms with E-state index in [4.69, 9.17) is 4.74 Å². The van der Waals surface area contributed by atoms with E-state index in [0.717, 1.165) is 25.4 Å². The van der Waals surface area contributed by atoms with Gasteiger partial charge in [-0.2, -0.15) is 0 Å². The van der Waals surface area contributed by atoms with Crippen molar-refractivity contribution >= 4 is 5.69 Å². The summed E-state index contributed by atoms with van der Waals surface area (Å²) in [5, 5.41) is 3.45. The summed E-state index contributed by atoms with van der Waals surface area (Å²) in [6.07, 6.45) is 5.20. The van der Waals surface area contributed by atoms with Crippen molar-refractivity contribution in [1.29, 1.82) is 0 Å². The average molecular weight is 260 g/mol. The molecule has 104 valence electrons. The smallest absolute Gasteiger partial charge is 0.120 e. The molecule has 1 N–H and O–H groups in total. The zero-order valence-electron chi connectivity index (χ0n) is 11.8. The highest BCUT2D eigenvalue weighted by Crippen LogP contribution is 2.27. The summed E-state index contributed by atoms with van der Waals surface area (Å²) in [6.45, 7) is 6.76. The molecule has 3 rings (SSSR count). The van der Waals surface area contributed by atoms with Crippen molar-refractivity contribution in [3.05, 3.63) is 23.8 Å². The number of likely N-dealkylation sites (N-methyl/N-ethyl adjacent to an activating group) is 1. The number of anilines is 1. The average Bonchev–Trinajstić information content (AvgIpc) is 2.47. The van der Waals surface area contributed by atoms with Crippen molar-refractivity contribution in [1.82, 2.24) is 4.90 Å². The van der Waals surface area contributed by atoms with E-state index in [0.29, 0.717) is 6.10 Å². The van der Waals surface area contributed by atoms with Crippen LogP contribution in [0.1, 0.15) is 31.7 Å². The Morgan fingerprint density at radius 1 is 1.37 bits per heavy atom. The largest absolute Gasteiger partial charge is 0.489 e. The summed E-state index contributed by atoms with van der Waals surface area (Å²) in [5.74, 6) is 1.05. The van der Waals surface area contributed by atoms with Crippen LogP contribution in [-0.4, -0.2) is 37.2 Å². The Morgan fingerprint density at radius 3 is 3.21 bits per heavy atom. The van der Waals surface area contributed by atoms with Crippen molar-refractivity contribution in [2.45, 2.75) is 38.7 Å². The van der Waals surface area contributed by atoms with E-state index in [-0.39, 0.29) is 0 Å². The Bertz CT molecular complexity index is 433. The molecule has 0 saturated carbocycles. The Labute approximate surface area is 115 Å². The molecule has 1 fully saturated rings. The maximum atomic E-state index is 6.18. The Kier molecular flexibility index (Phi) is 3.92. The van der Waals surface area contributed by atoms with Crippen molar-refractivity contribution in [3.8, 4) is 5.75 Å². The second kappa shape index (κ2) is 5.83. The van der Waals surface area contributed by atoms with Crippen LogP contribution in [0.25, 0.3) is 0 Å². The van der Waals surface area contributed by atoms with Gasteiger partial charge in [-0.15, -0.1) is 0 Å². The van der Waals surface area contributed by atoms with Gasteiger partial charge in [-0.05, 0) is 62.5 Å². The summed E-state index contributed by atoms with van der Waals surface area (Å²) in [7, 11) is 0. The van der Waals surface area contributed by atoms with E-state index in [1.807, 2.05) is 0 Å². The first kappa shape index (κ1) is 12.8. The van der Waals surface area contributed by atoms with Crippen LogP contribution in [0.15, 0.2) is 18.2 Å². The molecule has 2 aliphatic heterocycles. The number of hydrogen-bond acceptors (Lipinski definition) is 3. The van der Waals surface area contributed by atoms with Crippen LogP contribution in [0.4, 0.5) is 5.69 Å². The number of fused-ring (bicyclic) bond motifs is 1. The van der Waals surface area contributed by atoms with E-state index in [1.165, 1.54) is 43.5 Å². The van der Waals surface area contributed by atoms with Gasteiger partial charge >= 0.3 is 0 Å². The van der Waals surface area contributed by atoms with Crippen molar-refractivity contribution in [2.75, 3.05) is 31.5 Å².